The van der Waals surface area contributed by atoms with Gasteiger partial charge in [0.2, 0.25) is 5.91 Å². The lowest BCUT2D eigenvalue weighted by Gasteiger charge is -2.38. The molecule has 1 saturated heterocycles. The molecule has 1 heterocycles. The van der Waals surface area contributed by atoms with Crippen LogP contribution in [0.1, 0.15) is 32.1 Å². The third-order valence-corrected chi connectivity index (χ3v) is 4.14. The second-order valence-corrected chi connectivity index (χ2v) is 5.69. The van der Waals surface area contributed by atoms with Crippen molar-refractivity contribution >= 4 is 11.9 Å². The van der Waals surface area contributed by atoms with E-state index in [1.807, 2.05) is 0 Å². The van der Waals surface area contributed by atoms with E-state index >= 15 is 0 Å². The molecule has 0 aromatic rings. The van der Waals surface area contributed by atoms with Crippen LogP contribution in [0, 0.1) is 0 Å². The fraction of sp³-hybridized carbons (Fsp3) is 0.846. The number of carbonyl (C=O) groups is 2. The second kappa shape index (κ2) is 6.11. The zero-order chi connectivity index (χ0) is 15.6. The Hall–Kier alpha value is -1.47. The number of hydrogen-bond donors (Lipinski definition) is 1. The van der Waals surface area contributed by atoms with Crippen LogP contribution in [0.2, 0.25) is 0 Å². The molecule has 2 aliphatic rings. The molecule has 1 aliphatic heterocycles. The monoisotopic (exact) mass is 307 g/mol. The van der Waals surface area contributed by atoms with E-state index in [-0.39, 0.29) is 18.5 Å². The van der Waals surface area contributed by atoms with Crippen molar-refractivity contribution in [2.45, 2.75) is 50.4 Å². The van der Waals surface area contributed by atoms with Crippen LogP contribution in [0.5, 0.6) is 0 Å². The van der Waals surface area contributed by atoms with Gasteiger partial charge in [-0.2, -0.15) is 13.2 Å². The Kier molecular flexibility index (Phi) is 4.63. The molecule has 8 heteroatoms. The third kappa shape index (κ3) is 4.01. The Labute approximate surface area is 121 Å². The Morgan fingerprint density at radius 3 is 2.48 bits per heavy atom. The number of rotatable bonds is 4. The largest absolute Gasteiger partial charge is 0.390 e. The number of halogens is 3. The molecule has 0 spiro atoms. The second-order valence-electron chi connectivity index (χ2n) is 5.69. The van der Waals surface area contributed by atoms with E-state index in [1.54, 1.807) is 7.05 Å². The summed E-state index contributed by atoms with van der Waals surface area (Å²) in [6, 6.07) is -1.31. The van der Waals surface area contributed by atoms with Crippen molar-refractivity contribution in [1.29, 1.82) is 0 Å². The van der Waals surface area contributed by atoms with Gasteiger partial charge in [0, 0.05) is 26.2 Å². The Balaban J connectivity index is 1.93. The Morgan fingerprint density at radius 2 is 2.05 bits per heavy atom. The van der Waals surface area contributed by atoms with Gasteiger partial charge in [-0.25, -0.2) is 4.79 Å². The molecule has 2 rings (SSSR count). The van der Waals surface area contributed by atoms with Crippen LogP contribution in [0.15, 0.2) is 0 Å². The molecule has 0 aromatic heterocycles. The first-order chi connectivity index (χ1) is 9.78. The van der Waals surface area contributed by atoms with Crippen molar-refractivity contribution in [2.24, 2.45) is 0 Å². The topological polar surface area (TPSA) is 52.7 Å². The maximum Gasteiger partial charge on any atom is 0.390 e. The fourth-order valence-electron chi connectivity index (χ4n) is 2.58. The molecule has 5 nitrogen and oxygen atoms in total. The predicted octanol–water partition coefficient (Wildman–Crippen LogP) is 1.73. The van der Waals surface area contributed by atoms with E-state index in [0.29, 0.717) is 13.0 Å². The minimum Gasteiger partial charge on any atom is -0.344 e. The number of likely N-dealkylation sites (tertiary alicyclic amines) is 1. The zero-order valence-electron chi connectivity index (χ0n) is 11.9. The SMILES string of the molecule is CN1CC[C@H](NC(=O)N(CCC(F)(F)F)C2CCC2)C1=O. The first kappa shape index (κ1) is 15.9. The summed E-state index contributed by atoms with van der Waals surface area (Å²) < 4.78 is 37.1. The van der Waals surface area contributed by atoms with E-state index in [2.05, 4.69) is 5.32 Å². The maximum absolute atomic E-state index is 12.4. The van der Waals surface area contributed by atoms with Crippen LogP contribution in [-0.2, 0) is 4.79 Å². The average Bonchev–Trinajstić information content (AvgIpc) is 2.62. The van der Waals surface area contributed by atoms with Crippen molar-refractivity contribution in [3.05, 3.63) is 0 Å². The third-order valence-electron chi connectivity index (χ3n) is 4.14. The van der Waals surface area contributed by atoms with Crippen LogP contribution in [-0.4, -0.2) is 60.1 Å². The zero-order valence-corrected chi connectivity index (χ0v) is 11.9. The number of urea groups is 1. The standard InChI is InChI=1S/C13H20F3N3O2/c1-18-7-5-10(11(18)20)17-12(21)19(9-3-2-4-9)8-6-13(14,15)16/h9-10H,2-8H2,1H3,(H,17,21)/t10-/m0/s1. The quantitative estimate of drug-likeness (QED) is 0.860. The van der Waals surface area contributed by atoms with Gasteiger partial charge >= 0.3 is 12.2 Å². The van der Waals surface area contributed by atoms with Gasteiger partial charge < -0.3 is 15.1 Å². The molecular weight excluding hydrogens is 287 g/mol. The number of hydrogen-bond acceptors (Lipinski definition) is 2. The summed E-state index contributed by atoms with van der Waals surface area (Å²) in [7, 11) is 1.64. The highest BCUT2D eigenvalue weighted by Crippen LogP contribution is 2.27. The first-order valence-electron chi connectivity index (χ1n) is 7.17. The van der Waals surface area contributed by atoms with Gasteiger partial charge in [0.1, 0.15) is 6.04 Å². The summed E-state index contributed by atoms with van der Waals surface area (Å²) in [5.74, 6) is -0.187. The summed E-state index contributed by atoms with van der Waals surface area (Å²) in [6.07, 6.45) is -2.43. The van der Waals surface area contributed by atoms with E-state index < -0.39 is 24.7 Å². The van der Waals surface area contributed by atoms with Gasteiger partial charge in [-0.1, -0.05) is 0 Å². The van der Waals surface area contributed by atoms with Gasteiger partial charge in [0.15, 0.2) is 0 Å². The lowest BCUT2D eigenvalue weighted by Crippen LogP contribution is -2.53. The number of carbonyl (C=O) groups excluding carboxylic acids is 2. The highest BCUT2D eigenvalue weighted by atomic mass is 19.4. The van der Waals surface area contributed by atoms with E-state index in [0.717, 1.165) is 19.3 Å². The van der Waals surface area contributed by atoms with Crippen LogP contribution in [0.4, 0.5) is 18.0 Å². The molecule has 0 aromatic carbocycles. The normalized spacial score (nSPS) is 23.1. The number of nitrogens with zero attached hydrogens (tertiary/aromatic N) is 2. The number of amides is 3. The number of likely N-dealkylation sites (N-methyl/N-ethyl adjacent to an activating group) is 1. The Morgan fingerprint density at radius 1 is 1.38 bits per heavy atom. The summed E-state index contributed by atoms with van der Waals surface area (Å²) in [4.78, 5) is 26.7. The van der Waals surface area contributed by atoms with Crippen molar-refractivity contribution < 1.29 is 22.8 Å². The van der Waals surface area contributed by atoms with Gasteiger partial charge in [-0.05, 0) is 25.7 Å². The number of alkyl halides is 3. The molecule has 1 N–H and O–H groups in total. The molecule has 1 aliphatic carbocycles. The molecule has 21 heavy (non-hydrogen) atoms. The van der Waals surface area contributed by atoms with Gasteiger partial charge in [0.05, 0.1) is 6.42 Å². The summed E-state index contributed by atoms with van der Waals surface area (Å²) in [5.41, 5.74) is 0. The summed E-state index contributed by atoms with van der Waals surface area (Å²) in [6.45, 7) is 0.201. The van der Waals surface area contributed by atoms with E-state index in [4.69, 9.17) is 0 Å². The van der Waals surface area contributed by atoms with Crippen molar-refractivity contribution in [3.8, 4) is 0 Å². The molecule has 2 fully saturated rings. The van der Waals surface area contributed by atoms with Crippen LogP contribution < -0.4 is 5.32 Å². The molecule has 120 valence electrons. The minimum absolute atomic E-state index is 0.137. The van der Waals surface area contributed by atoms with Crippen LogP contribution in [0.3, 0.4) is 0 Å². The highest BCUT2D eigenvalue weighted by molar-refractivity contribution is 5.88. The fourth-order valence-corrected chi connectivity index (χ4v) is 2.58. The summed E-state index contributed by atoms with van der Waals surface area (Å²) in [5, 5.41) is 2.57. The van der Waals surface area contributed by atoms with Crippen LogP contribution >= 0.6 is 0 Å². The Bertz CT molecular complexity index is 410. The van der Waals surface area contributed by atoms with Gasteiger partial charge in [-0.15, -0.1) is 0 Å². The molecule has 1 saturated carbocycles. The average molecular weight is 307 g/mol. The van der Waals surface area contributed by atoms with Crippen molar-refractivity contribution in [2.75, 3.05) is 20.1 Å². The first-order valence-corrected chi connectivity index (χ1v) is 7.17. The molecule has 0 unspecified atom stereocenters. The van der Waals surface area contributed by atoms with E-state index in [1.165, 1.54) is 9.80 Å². The molecule has 1 atom stereocenters. The van der Waals surface area contributed by atoms with Crippen molar-refractivity contribution in [3.63, 3.8) is 0 Å². The summed E-state index contributed by atoms with van der Waals surface area (Å²) >= 11 is 0. The number of nitrogens with one attached hydrogen (secondary N) is 1. The highest BCUT2D eigenvalue weighted by Gasteiger charge is 2.36. The molecular formula is C13H20F3N3O2. The molecule has 3 amide bonds. The lowest BCUT2D eigenvalue weighted by atomic mass is 9.91. The van der Waals surface area contributed by atoms with Crippen molar-refractivity contribution in [1.82, 2.24) is 15.1 Å². The maximum atomic E-state index is 12.4. The van der Waals surface area contributed by atoms with Gasteiger partial charge in [0.25, 0.3) is 0 Å². The van der Waals surface area contributed by atoms with E-state index in [9.17, 15) is 22.8 Å². The van der Waals surface area contributed by atoms with Crippen LogP contribution in [0.25, 0.3) is 0 Å². The minimum atomic E-state index is -4.29. The van der Waals surface area contributed by atoms with Gasteiger partial charge in [-0.3, -0.25) is 4.79 Å². The molecule has 0 radical (unpaired) electrons. The molecule has 0 bridgehead atoms. The predicted molar refractivity (Wildman–Crippen MR) is 69.6 cm³/mol. The lowest BCUT2D eigenvalue weighted by molar-refractivity contribution is -0.138. The smallest absolute Gasteiger partial charge is 0.344 e.